The molecule has 1 heterocycles. The average molecular weight is 242 g/mol. The van der Waals surface area contributed by atoms with Gasteiger partial charge in [-0.1, -0.05) is 11.6 Å². The Labute approximate surface area is 101 Å². The monoisotopic (exact) mass is 241 g/mol. The lowest BCUT2D eigenvalue weighted by Crippen LogP contribution is -2.27. The van der Waals surface area contributed by atoms with Crippen LogP contribution in [-0.4, -0.2) is 26.4 Å². The quantitative estimate of drug-likeness (QED) is 0.883. The summed E-state index contributed by atoms with van der Waals surface area (Å²) in [6.45, 7) is 1.67. The lowest BCUT2D eigenvalue weighted by Gasteiger charge is -2.24. The summed E-state index contributed by atoms with van der Waals surface area (Å²) in [5.74, 6) is 0.707. The number of benzene rings is 1. The van der Waals surface area contributed by atoms with Gasteiger partial charge >= 0.3 is 0 Å². The summed E-state index contributed by atoms with van der Waals surface area (Å²) in [7, 11) is 1.62. The molecule has 0 spiro atoms. The van der Waals surface area contributed by atoms with E-state index in [9.17, 15) is 0 Å². The van der Waals surface area contributed by atoms with Gasteiger partial charge in [0.2, 0.25) is 0 Å². The summed E-state index contributed by atoms with van der Waals surface area (Å²) in [5, 5.41) is 4.10. The van der Waals surface area contributed by atoms with Gasteiger partial charge in [0, 0.05) is 31.0 Å². The van der Waals surface area contributed by atoms with Crippen molar-refractivity contribution < 1.29 is 9.47 Å². The maximum atomic E-state index is 5.97. The molecule has 0 amide bonds. The molecular weight excluding hydrogens is 226 g/mol. The van der Waals surface area contributed by atoms with Crippen LogP contribution in [0.4, 0.5) is 5.69 Å². The summed E-state index contributed by atoms with van der Waals surface area (Å²) < 4.78 is 10.5. The predicted molar refractivity (Wildman–Crippen MR) is 65.5 cm³/mol. The Hall–Kier alpha value is -0.930. The molecule has 1 saturated heterocycles. The molecule has 0 aliphatic carbocycles. The predicted octanol–water partition coefficient (Wildman–Crippen LogP) is 2.94. The van der Waals surface area contributed by atoms with Crippen LogP contribution >= 0.6 is 11.6 Å². The minimum Gasteiger partial charge on any atom is -0.495 e. The number of halogens is 1. The fourth-order valence-corrected chi connectivity index (χ4v) is 2.02. The van der Waals surface area contributed by atoms with E-state index in [1.807, 2.05) is 18.2 Å². The molecule has 0 atom stereocenters. The molecule has 2 rings (SSSR count). The van der Waals surface area contributed by atoms with E-state index in [1.165, 1.54) is 0 Å². The van der Waals surface area contributed by atoms with Gasteiger partial charge in [-0.3, -0.25) is 0 Å². The number of hydrogen-bond donors (Lipinski definition) is 1. The molecule has 1 N–H and O–H groups in total. The molecule has 1 fully saturated rings. The van der Waals surface area contributed by atoms with Crippen molar-refractivity contribution in [3.63, 3.8) is 0 Å². The summed E-state index contributed by atoms with van der Waals surface area (Å²) in [4.78, 5) is 0. The van der Waals surface area contributed by atoms with E-state index in [0.29, 0.717) is 16.8 Å². The van der Waals surface area contributed by atoms with Crippen molar-refractivity contribution in [2.75, 3.05) is 25.6 Å². The number of rotatable bonds is 3. The van der Waals surface area contributed by atoms with E-state index in [-0.39, 0.29) is 0 Å². The van der Waals surface area contributed by atoms with Crippen molar-refractivity contribution in [2.24, 2.45) is 0 Å². The molecule has 1 aliphatic rings. The molecular formula is C12H16ClNO2. The van der Waals surface area contributed by atoms with Crippen molar-refractivity contribution in [3.8, 4) is 5.75 Å². The zero-order valence-electron chi connectivity index (χ0n) is 9.33. The Balaban J connectivity index is 2.03. The largest absolute Gasteiger partial charge is 0.495 e. The van der Waals surface area contributed by atoms with Crippen LogP contribution in [0.1, 0.15) is 12.8 Å². The Morgan fingerprint density at radius 2 is 2.12 bits per heavy atom. The van der Waals surface area contributed by atoms with Gasteiger partial charge in [0.1, 0.15) is 5.75 Å². The third-order valence-corrected chi connectivity index (χ3v) is 3.06. The number of methoxy groups -OCH3 is 1. The molecule has 1 aliphatic heterocycles. The van der Waals surface area contributed by atoms with Gasteiger partial charge < -0.3 is 14.8 Å². The van der Waals surface area contributed by atoms with Crippen LogP contribution in [0, 0.1) is 0 Å². The highest BCUT2D eigenvalue weighted by atomic mass is 35.5. The molecule has 1 aromatic carbocycles. The summed E-state index contributed by atoms with van der Waals surface area (Å²) in [5.41, 5.74) is 1.05. The molecule has 0 radical (unpaired) electrons. The summed E-state index contributed by atoms with van der Waals surface area (Å²) in [6, 6.07) is 6.24. The molecule has 16 heavy (non-hydrogen) atoms. The number of anilines is 1. The van der Waals surface area contributed by atoms with Crippen LogP contribution in [0.25, 0.3) is 0 Å². The topological polar surface area (TPSA) is 30.5 Å². The van der Waals surface area contributed by atoms with E-state index in [4.69, 9.17) is 21.1 Å². The first kappa shape index (κ1) is 11.6. The first-order chi connectivity index (χ1) is 7.79. The van der Waals surface area contributed by atoms with Crippen LogP contribution < -0.4 is 10.1 Å². The Kier molecular flexibility index (Phi) is 3.91. The SMILES string of the molecule is COc1cc(NC2CCOCC2)ccc1Cl. The van der Waals surface area contributed by atoms with Gasteiger partial charge in [0.25, 0.3) is 0 Å². The third kappa shape index (κ3) is 2.80. The Morgan fingerprint density at radius 3 is 2.81 bits per heavy atom. The lowest BCUT2D eigenvalue weighted by molar-refractivity contribution is 0.0904. The van der Waals surface area contributed by atoms with Crippen LogP contribution in [0.3, 0.4) is 0 Å². The third-order valence-electron chi connectivity index (χ3n) is 2.74. The Morgan fingerprint density at radius 1 is 1.38 bits per heavy atom. The lowest BCUT2D eigenvalue weighted by atomic mass is 10.1. The van der Waals surface area contributed by atoms with E-state index >= 15 is 0 Å². The normalized spacial score (nSPS) is 17.1. The van der Waals surface area contributed by atoms with Crippen LogP contribution in [0.15, 0.2) is 18.2 Å². The highest BCUT2D eigenvalue weighted by molar-refractivity contribution is 6.32. The zero-order valence-corrected chi connectivity index (χ0v) is 10.1. The van der Waals surface area contributed by atoms with E-state index in [0.717, 1.165) is 31.7 Å². The second-order valence-electron chi connectivity index (χ2n) is 3.88. The Bertz CT molecular complexity index is 351. The first-order valence-electron chi connectivity index (χ1n) is 5.47. The average Bonchev–Trinajstić information content (AvgIpc) is 2.33. The molecule has 0 aromatic heterocycles. The number of ether oxygens (including phenoxy) is 2. The van der Waals surface area contributed by atoms with Gasteiger partial charge in [0.05, 0.1) is 12.1 Å². The molecule has 88 valence electrons. The maximum absolute atomic E-state index is 5.97. The minimum atomic E-state index is 0.486. The maximum Gasteiger partial charge on any atom is 0.139 e. The van der Waals surface area contributed by atoms with Crippen LogP contribution in [0.5, 0.6) is 5.75 Å². The van der Waals surface area contributed by atoms with Gasteiger partial charge in [-0.15, -0.1) is 0 Å². The molecule has 0 bridgehead atoms. The molecule has 3 nitrogen and oxygen atoms in total. The first-order valence-corrected chi connectivity index (χ1v) is 5.85. The van der Waals surface area contributed by atoms with Crippen molar-refractivity contribution in [3.05, 3.63) is 23.2 Å². The van der Waals surface area contributed by atoms with Gasteiger partial charge in [0.15, 0.2) is 0 Å². The summed E-state index contributed by atoms with van der Waals surface area (Å²) in [6.07, 6.45) is 2.09. The molecule has 4 heteroatoms. The summed E-state index contributed by atoms with van der Waals surface area (Å²) >= 11 is 5.97. The highest BCUT2D eigenvalue weighted by Gasteiger charge is 2.13. The van der Waals surface area contributed by atoms with E-state index in [1.54, 1.807) is 7.11 Å². The van der Waals surface area contributed by atoms with Crippen LogP contribution in [0.2, 0.25) is 5.02 Å². The second kappa shape index (κ2) is 5.41. The van der Waals surface area contributed by atoms with Crippen molar-refractivity contribution in [1.82, 2.24) is 0 Å². The van der Waals surface area contributed by atoms with Crippen molar-refractivity contribution in [1.29, 1.82) is 0 Å². The van der Waals surface area contributed by atoms with Gasteiger partial charge in [-0.05, 0) is 25.0 Å². The van der Waals surface area contributed by atoms with E-state index < -0.39 is 0 Å². The van der Waals surface area contributed by atoms with E-state index in [2.05, 4.69) is 5.32 Å². The van der Waals surface area contributed by atoms with Gasteiger partial charge in [-0.2, -0.15) is 0 Å². The molecule has 1 aromatic rings. The van der Waals surface area contributed by atoms with Crippen molar-refractivity contribution in [2.45, 2.75) is 18.9 Å². The zero-order chi connectivity index (χ0) is 11.4. The number of nitrogens with one attached hydrogen (secondary N) is 1. The standard InChI is InChI=1S/C12H16ClNO2/c1-15-12-8-10(2-3-11(12)13)14-9-4-6-16-7-5-9/h2-3,8-9,14H,4-7H2,1H3. The van der Waals surface area contributed by atoms with Gasteiger partial charge in [-0.25, -0.2) is 0 Å². The minimum absolute atomic E-state index is 0.486. The second-order valence-corrected chi connectivity index (χ2v) is 4.29. The molecule has 0 saturated carbocycles. The number of hydrogen-bond acceptors (Lipinski definition) is 3. The fourth-order valence-electron chi connectivity index (χ4n) is 1.83. The molecule has 0 unspecified atom stereocenters. The van der Waals surface area contributed by atoms with Crippen LogP contribution in [-0.2, 0) is 4.74 Å². The highest BCUT2D eigenvalue weighted by Crippen LogP contribution is 2.28. The fraction of sp³-hybridized carbons (Fsp3) is 0.500. The van der Waals surface area contributed by atoms with Crippen molar-refractivity contribution >= 4 is 17.3 Å². The smallest absolute Gasteiger partial charge is 0.139 e.